The van der Waals surface area contributed by atoms with Crippen molar-refractivity contribution in [2.75, 3.05) is 0 Å². The minimum absolute atomic E-state index is 0.0969. The Hall–Kier alpha value is -1.39. The Labute approximate surface area is 101 Å². The van der Waals surface area contributed by atoms with E-state index >= 15 is 0 Å². The number of carboxylic acids is 1. The molecule has 0 saturated heterocycles. The number of aromatic nitrogens is 2. The molecule has 0 aliphatic heterocycles. The summed E-state index contributed by atoms with van der Waals surface area (Å²) in [6, 6.07) is 0. The summed E-state index contributed by atoms with van der Waals surface area (Å²) in [7, 11) is 0. The fraction of sp³-hybridized carbons (Fsp3) is 0.750. The maximum absolute atomic E-state index is 10.7. The SMILES string of the molecule is CCCCc1noc(CC(C)(C)CC(=O)O)n1. The predicted octanol–water partition coefficient (Wildman–Crippen LogP) is 2.46. The second-order valence-corrected chi connectivity index (χ2v) is 5.12. The normalized spacial score (nSPS) is 11.7. The number of aryl methyl sites for hydroxylation is 1. The summed E-state index contributed by atoms with van der Waals surface area (Å²) in [5.41, 5.74) is -0.361. The Bertz CT molecular complexity index is 372. The fourth-order valence-corrected chi connectivity index (χ4v) is 1.68. The minimum Gasteiger partial charge on any atom is -0.481 e. The highest BCUT2D eigenvalue weighted by molar-refractivity contribution is 5.67. The van der Waals surface area contributed by atoms with E-state index in [0.717, 1.165) is 19.3 Å². The van der Waals surface area contributed by atoms with Crippen LogP contribution >= 0.6 is 0 Å². The van der Waals surface area contributed by atoms with Gasteiger partial charge in [-0.3, -0.25) is 4.79 Å². The first kappa shape index (κ1) is 13.7. The predicted molar refractivity (Wildman–Crippen MR) is 62.6 cm³/mol. The van der Waals surface area contributed by atoms with E-state index in [1.807, 2.05) is 13.8 Å². The molecule has 0 aliphatic rings. The van der Waals surface area contributed by atoms with Crippen LogP contribution in [0.3, 0.4) is 0 Å². The molecule has 1 aromatic rings. The molecule has 0 amide bonds. The third-order valence-electron chi connectivity index (χ3n) is 2.52. The Morgan fingerprint density at radius 3 is 2.76 bits per heavy atom. The van der Waals surface area contributed by atoms with Crippen molar-refractivity contribution in [2.24, 2.45) is 5.41 Å². The monoisotopic (exact) mass is 240 g/mol. The molecule has 96 valence electrons. The van der Waals surface area contributed by atoms with Gasteiger partial charge in [0, 0.05) is 12.8 Å². The smallest absolute Gasteiger partial charge is 0.303 e. The van der Waals surface area contributed by atoms with Crippen LogP contribution in [0.15, 0.2) is 4.52 Å². The lowest BCUT2D eigenvalue weighted by Gasteiger charge is -2.19. The molecule has 1 heterocycles. The van der Waals surface area contributed by atoms with E-state index in [-0.39, 0.29) is 11.8 Å². The third kappa shape index (κ3) is 4.97. The van der Waals surface area contributed by atoms with Crippen molar-refractivity contribution in [3.63, 3.8) is 0 Å². The van der Waals surface area contributed by atoms with E-state index in [1.165, 1.54) is 0 Å². The number of carboxylic acid groups (broad SMARTS) is 1. The van der Waals surface area contributed by atoms with Gasteiger partial charge in [0.1, 0.15) is 0 Å². The van der Waals surface area contributed by atoms with Crippen LogP contribution in [0.4, 0.5) is 0 Å². The van der Waals surface area contributed by atoms with Gasteiger partial charge in [0.25, 0.3) is 0 Å². The van der Waals surface area contributed by atoms with Crippen LogP contribution < -0.4 is 0 Å². The maximum Gasteiger partial charge on any atom is 0.303 e. The van der Waals surface area contributed by atoms with E-state index < -0.39 is 5.97 Å². The summed E-state index contributed by atoms with van der Waals surface area (Å²) >= 11 is 0. The first-order valence-electron chi connectivity index (χ1n) is 5.96. The molecule has 17 heavy (non-hydrogen) atoms. The number of rotatable bonds is 7. The van der Waals surface area contributed by atoms with Crippen LogP contribution in [-0.4, -0.2) is 21.2 Å². The van der Waals surface area contributed by atoms with E-state index in [1.54, 1.807) is 0 Å². The molecule has 1 aromatic heterocycles. The van der Waals surface area contributed by atoms with Gasteiger partial charge in [-0.05, 0) is 11.8 Å². The van der Waals surface area contributed by atoms with Gasteiger partial charge in [-0.2, -0.15) is 4.98 Å². The molecule has 5 nitrogen and oxygen atoms in total. The summed E-state index contributed by atoms with van der Waals surface area (Å²) in [5, 5.41) is 12.7. The lowest BCUT2D eigenvalue weighted by molar-refractivity contribution is -0.139. The molecule has 0 saturated carbocycles. The Morgan fingerprint density at radius 2 is 2.18 bits per heavy atom. The molecule has 0 aromatic carbocycles. The van der Waals surface area contributed by atoms with Crippen LogP contribution in [-0.2, 0) is 17.6 Å². The fourth-order valence-electron chi connectivity index (χ4n) is 1.68. The van der Waals surface area contributed by atoms with E-state index in [9.17, 15) is 4.79 Å². The third-order valence-corrected chi connectivity index (χ3v) is 2.52. The Morgan fingerprint density at radius 1 is 1.47 bits per heavy atom. The summed E-state index contributed by atoms with van der Waals surface area (Å²) in [6.45, 7) is 5.88. The zero-order chi connectivity index (χ0) is 12.9. The van der Waals surface area contributed by atoms with Crippen molar-refractivity contribution >= 4 is 5.97 Å². The lowest BCUT2D eigenvalue weighted by atomic mass is 9.86. The summed E-state index contributed by atoms with van der Waals surface area (Å²) in [5.74, 6) is 0.441. The van der Waals surface area contributed by atoms with Crippen LogP contribution in [0.5, 0.6) is 0 Å². The summed E-state index contributed by atoms with van der Waals surface area (Å²) in [6.07, 6.45) is 3.54. The molecule has 5 heteroatoms. The van der Waals surface area contributed by atoms with Gasteiger partial charge >= 0.3 is 5.97 Å². The van der Waals surface area contributed by atoms with E-state index in [0.29, 0.717) is 18.1 Å². The van der Waals surface area contributed by atoms with Gasteiger partial charge in [-0.1, -0.05) is 32.3 Å². The molecule has 1 N–H and O–H groups in total. The van der Waals surface area contributed by atoms with Crippen molar-refractivity contribution < 1.29 is 14.4 Å². The van der Waals surface area contributed by atoms with E-state index in [2.05, 4.69) is 17.1 Å². The van der Waals surface area contributed by atoms with Crippen LogP contribution in [0.1, 0.15) is 51.7 Å². The van der Waals surface area contributed by atoms with Crippen molar-refractivity contribution in [3.05, 3.63) is 11.7 Å². The van der Waals surface area contributed by atoms with Crippen molar-refractivity contribution in [1.82, 2.24) is 10.1 Å². The zero-order valence-electron chi connectivity index (χ0n) is 10.7. The first-order valence-corrected chi connectivity index (χ1v) is 5.96. The van der Waals surface area contributed by atoms with Crippen LogP contribution in [0, 0.1) is 5.41 Å². The molecule has 0 spiro atoms. The minimum atomic E-state index is -0.805. The highest BCUT2D eigenvalue weighted by atomic mass is 16.5. The van der Waals surface area contributed by atoms with Gasteiger partial charge in [-0.25, -0.2) is 0 Å². The van der Waals surface area contributed by atoms with Crippen LogP contribution in [0.25, 0.3) is 0 Å². The van der Waals surface area contributed by atoms with Gasteiger partial charge in [0.2, 0.25) is 5.89 Å². The Kier molecular flexibility index (Phi) is 4.66. The lowest BCUT2D eigenvalue weighted by Crippen LogP contribution is -2.19. The topological polar surface area (TPSA) is 76.2 Å². The number of aliphatic carboxylic acids is 1. The van der Waals surface area contributed by atoms with Crippen LogP contribution in [0.2, 0.25) is 0 Å². The summed E-state index contributed by atoms with van der Waals surface area (Å²) in [4.78, 5) is 15.0. The number of hydrogen-bond donors (Lipinski definition) is 1. The Balaban J connectivity index is 2.56. The first-order chi connectivity index (χ1) is 7.93. The maximum atomic E-state index is 10.7. The molecule has 0 bridgehead atoms. The van der Waals surface area contributed by atoms with Gasteiger partial charge in [0.05, 0.1) is 6.42 Å². The largest absolute Gasteiger partial charge is 0.481 e. The molecule has 1 rings (SSSR count). The molecule has 0 radical (unpaired) electrons. The average Bonchev–Trinajstić information content (AvgIpc) is 2.59. The molecule has 0 atom stereocenters. The number of unbranched alkanes of at least 4 members (excludes halogenated alkanes) is 1. The molecular formula is C12H20N2O3. The molecule has 0 fully saturated rings. The van der Waals surface area contributed by atoms with Gasteiger partial charge in [-0.15, -0.1) is 0 Å². The van der Waals surface area contributed by atoms with E-state index in [4.69, 9.17) is 9.63 Å². The van der Waals surface area contributed by atoms with Crippen molar-refractivity contribution in [1.29, 1.82) is 0 Å². The van der Waals surface area contributed by atoms with Gasteiger partial charge in [0.15, 0.2) is 5.82 Å². The van der Waals surface area contributed by atoms with Crippen molar-refractivity contribution in [3.8, 4) is 0 Å². The quantitative estimate of drug-likeness (QED) is 0.792. The molecule has 0 aliphatic carbocycles. The standard InChI is InChI=1S/C12H20N2O3/c1-4-5-6-9-13-10(17-14-9)7-12(2,3)8-11(15)16/h4-8H2,1-3H3,(H,15,16). The van der Waals surface area contributed by atoms with Gasteiger partial charge < -0.3 is 9.63 Å². The second-order valence-electron chi connectivity index (χ2n) is 5.12. The molecular weight excluding hydrogens is 220 g/mol. The molecule has 0 unspecified atom stereocenters. The number of nitrogens with zero attached hydrogens (tertiary/aromatic N) is 2. The summed E-state index contributed by atoms with van der Waals surface area (Å²) < 4.78 is 5.13. The highest BCUT2D eigenvalue weighted by Crippen LogP contribution is 2.25. The average molecular weight is 240 g/mol. The number of carbonyl (C=O) groups is 1. The number of hydrogen-bond acceptors (Lipinski definition) is 4. The highest BCUT2D eigenvalue weighted by Gasteiger charge is 2.25. The zero-order valence-corrected chi connectivity index (χ0v) is 10.7. The van der Waals surface area contributed by atoms with Crippen molar-refractivity contribution in [2.45, 2.75) is 52.9 Å². The second kappa shape index (κ2) is 5.80.